The maximum absolute atomic E-state index is 12.5. The summed E-state index contributed by atoms with van der Waals surface area (Å²) in [5.74, 6) is -0.698. The molecule has 1 aliphatic rings. The Kier molecular flexibility index (Phi) is 6.98. The van der Waals surface area contributed by atoms with E-state index in [1.807, 2.05) is 19.9 Å². The van der Waals surface area contributed by atoms with Gasteiger partial charge in [0.2, 0.25) is 11.8 Å². The van der Waals surface area contributed by atoms with Gasteiger partial charge in [-0.25, -0.2) is 0 Å². The van der Waals surface area contributed by atoms with E-state index in [1.54, 1.807) is 29.2 Å². The summed E-state index contributed by atoms with van der Waals surface area (Å²) in [6.07, 6.45) is 2.78. The predicted molar refractivity (Wildman–Crippen MR) is 96.0 cm³/mol. The average molecular weight is 345 g/mol. The van der Waals surface area contributed by atoms with E-state index in [0.29, 0.717) is 5.56 Å². The quantitative estimate of drug-likeness (QED) is 0.787. The fourth-order valence-corrected chi connectivity index (χ4v) is 2.87. The zero-order valence-corrected chi connectivity index (χ0v) is 15.0. The van der Waals surface area contributed by atoms with E-state index in [0.717, 1.165) is 32.4 Å². The van der Waals surface area contributed by atoms with Crippen LogP contribution in [0.5, 0.6) is 0 Å². The van der Waals surface area contributed by atoms with Crippen molar-refractivity contribution in [3.63, 3.8) is 0 Å². The lowest BCUT2D eigenvalue weighted by Crippen LogP contribution is -2.52. The van der Waals surface area contributed by atoms with Crippen molar-refractivity contribution in [2.24, 2.45) is 5.92 Å². The highest BCUT2D eigenvalue weighted by atomic mass is 16.2. The summed E-state index contributed by atoms with van der Waals surface area (Å²) in [6, 6.07) is 8.14. The predicted octanol–water partition coefficient (Wildman–Crippen LogP) is 1.57. The zero-order valence-electron chi connectivity index (χ0n) is 15.0. The van der Waals surface area contributed by atoms with Gasteiger partial charge in [0.25, 0.3) is 5.91 Å². The van der Waals surface area contributed by atoms with E-state index in [4.69, 9.17) is 0 Å². The summed E-state index contributed by atoms with van der Waals surface area (Å²) < 4.78 is 0. The van der Waals surface area contributed by atoms with Crippen molar-refractivity contribution in [2.45, 2.75) is 39.2 Å². The summed E-state index contributed by atoms with van der Waals surface area (Å²) >= 11 is 0. The zero-order chi connectivity index (χ0) is 18.2. The fraction of sp³-hybridized carbons (Fsp3) is 0.526. The molecule has 3 amide bonds. The van der Waals surface area contributed by atoms with Gasteiger partial charge in [0, 0.05) is 18.7 Å². The van der Waals surface area contributed by atoms with Gasteiger partial charge in [0.05, 0.1) is 6.54 Å². The summed E-state index contributed by atoms with van der Waals surface area (Å²) in [6.45, 7) is 5.38. The molecule has 6 heteroatoms. The Morgan fingerprint density at radius 1 is 1.12 bits per heavy atom. The van der Waals surface area contributed by atoms with Crippen molar-refractivity contribution < 1.29 is 14.4 Å². The number of carbonyl (C=O) groups excluding carboxylic acids is 3. The molecule has 0 radical (unpaired) electrons. The molecule has 6 nitrogen and oxygen atoms in total. The maximum Gasteiger partial charge on any atom is 0.251 e. The average Bonchev–Trinajstić information content (AvgIpc) is 3.18. The number of amides is 3. The molecule has 2 atom stereocenters. The van der Waals surface area contributed by atoms with Crippen molar-refractivity contribution in [3.8, 4) is 0 Å². The number of hydrogen-bond donors (Lipinski definition) is 2. The van der Waals surface area contributed by atoms with Crippen LogP contribution in [0.2, 0.25) is 0 Å². The van der Waals surface area contributed by atoms with E-state index in [1.165, 1.54) is 0 Å². The highest BCUT2D eigenvalue weighted by molar-refractivity contribution is 5.98. The largest absolute Gasteiger partial charge is 0.345 e. The topological polar surface area (TPSA) is 78.5 Å². The van der Waals surface area contributed by atoms with Gasteiger partial charge in [-0.05, 0) is 30.9 Å². The molecule has 2 N–H and O–H groups in total. The van der Waals surface area contributed by atoms with Crippen LogP contribution in [0.25, 0.3) is 0 Å². The molecule has 1 aliphatic heterocycles. The molecule has 1 saturated heterocycles. The number of carbonyl (C=O) groups is 3. The van der Waals surface area contributed by atoms with Crippen LogP contribution in [-0.2, 0) is 9.59 Å². The third-order valence-corrected chi connectivity index (χ3v) is 4.69. The van der Waals surface area contributed by atoms with Gasteiger partial charge in [-0.15, -0.1) is 0 Å². The molecule has 25 heavy (non-hydrogen) atoms. The van der Waals surface area contributed by atoms with E-state index < -0.39 is 6.04 Å². The first kappa shape index (κ1) is 19.0. The van der Waals surface area contributed by atoms with Crippen molar-refractivity contribution >= 4 is 17.7 Å². The smallest absolute Gasteiger partial charge is 0.251 e. The number of hydrogen-bond acceptors (Lipinski definition) is 3. The van der Waals surface area contributed by atoms with Crippen molar-refractivity contribution in [3.05, 3.63) is 35.9 Å². The summed E-state index contributed by atoms with van der Waals surface area (Å²) in [5.41, 5.74) is 0.511. The Bertz CT molecular complexity index is 597. The first-order chi connectivity index (χ1) is 12.0. The van der Waals surface area contributed by atoms with Crippen LogP contribution in [0.1, 0.15) is 43.5 Å². The van der Waals surface area contributed by atoms with Gasteiger partial charge in [-0.2, -0.15) is 0 Å². The van der Waals surface area contributed by atoms with Gasteiger partial charge in [-0.1, -0.05) is 38.5 Å². The van der Waals surface area contributed by atoms with Crippen LogP contribution in [0.3, 0.4) is 0 Å². The standard InChI is InChI=1S/C19H27N3O3/c1-3-14(2)17(21-18(24)15-9-5-4-6-10-15)19(25)20-13-16(23)22-11-7-8-12-22/h4-6,9-10,14,17H,3,7-8,11-13H2,1-2H3,(H,20,25)(H,21,24). The maximum atomic E-state index is 12.5. The molecule has 0 aliphatic carbocycles. The van der Waals surface area contributed by atoms with E-state index in [-0.39, 0.29) is 30.2 Å². The first-order valence-electron chi connectivity index (χ1n) is 8.94. The summed E-state index contributed by atoms with van der Waals surface area (Å²) in [4.78, 5) is 38.7. The van der Waals surface area contributed by atoms with Crippen LogP contribution in [-0.4, -0.2) is 48.3 Å². The second-order valence-corrected chi connectivity index (χ2v) is 6.51. The van der Waals surface area contributed by atoms with Gasteiger partial charge in [0.1, 0.15) is 6.04 Å². The number of rotatable bonds is 7. The minimum Gasteiger partial charge on any atom is -0.345 e. The van der Waals surface area contributed by atoms with E-state index >= 15 is 0 Å². The van der Waals surface area contributed by atoms with Gasteiger partial charge in [0.15, 0.2) is 0 Å². The molecule has 0 aromatic heterocycles. The number of nitrogens with zero attached hydrogens (tertiary/aromatic N) is 1. The van der Waals surface area contributed by atoms with Gasteiger partial charge >= 0.3 is 0 Å². The molecular formula is C19H27N3O3. The highest BCUT2D eigenvalue weighted by Crippen LogP contribution is 2.10. The van der Waals surface area contributed by atoms with Gasteiger partial charge < -0.3 is 15.5 Å². The van der Waals surface area contributed by atoms with Crippen LogP contribution < -0.4 is 10.6 Å². The van der Waals surface area contributed by atoms with Crippen molar-refractivity contribution in [2.75, 3.05) is 19.6 Å². The SMILES string of the molecule is CCC(C)C(NC(=O)c1ccccc1)C(=O)NCC(=O)N1CCCC1. The lowest BCUT2D eigenvalue weighted by molar-refractivity contribution is -0.132. The second kappa shape index (κ2) is 9.20. The fourth-order valence-electron chi connectivity index (χ4n) is 2.87. The molecule has 0 saturated carbocycles. The van der Waals surface area contributed by atoms with Crippen molar-refractivity contribution in [1.82, 2.24) is 15.5 Å². The Balaban J connectivity index is 1.94. The number of benzene rings is 1. The van der Waals surface area contributed by atoms with Crippen LogP contribution in [0, 0.1) is 5.92 Å². The van der Waals surface area contributed by atoms with Crippen LogP contribution in [0.4, 0.5) is 0 Å². The Morgan fingerprint density at radius 2 is 1.76 bits per heavy atom. The monoisotopic (exact) mass is 345 g/mol. The molecule has 2 unspecified atom stereocenters. The van der Waals surface area contributed by atoms with E-state index in [9.17, 15) is 14.4 Å². The lowest BCUT2D eigenvalue weighted by Gasteiger charge is -2.24. The third kappa shape index (κ3) is 5.31. The highest BCUT2D eigenvalue weighted by Gasteiger charge is 2.27. The Morgan fingerprint density at radius 3 is 2.36 bits per heavy atom. The Labute approximate surface area is 149 Å². The molecule has 0 spiro atoms. The number of nitrogens with one attached hydrogen (secondary N) is 2. The first-order valence-corrected chi connectivity index (χ1v) is 8.94. The van der Waals surface area contributed by atoms with Crippen LogP contribution >= 0.6 is 0 Å². The molecule has 136 valence electrons. The minimum atomic E-state index is -0.663. The van der Waals surface area contributed by atoms with Gasteiger partial charge in [-0.3, -0.25) is 14.4 Å². The molecule has 1 aromatic rings. The molecular weight excluding hydrogens is 318 g/mol. The lowest BCUT2D eigenvalue weighted by atomic mass is 9.98. The molecule has 1 heterocycles. The van der Waals surface area contributed by atoms with Crippen molar-refractivity contribution in [1.29, 1.82) is 0 Å². The molecule has 2 rings (SSSR count). The molecule has 1 fully saturated rings. The number of likely N-dealkylation sites (tertiary alicyclic amines) is 1. The minimum absolute atomic E-state index is 0.0209. The van der Waals surface area contributed by atoms with Crippen LogP contribution in [0.15, 0.2) is 30.3 Å². The molecule has 0 bridgehead atoms. The normalized spacial score (nSPS) is 16.2. The summed E-state index contributed by atoms with van der Waals surface area (Å²) in [7, 11) is 0. The third-order valence-electron chi connectivity index (χ3n) is 4.69. The van der Waals surface area contributed by atoms with E-state index in [2.05, 4.69) is 10.6 Å². The summed E-state index contributed by atoms with van der Waals surface area (Å²) in [5, 5.41) is 5.49. The molecule has 1 aromatic carbocycles. The Hall–Kier alpha value is -2.37. The second-order valence-electron chi connectivity index (χ2n) is 6.51.